The first-order valence-corrected chi connectivity index (χ1v) is 6.11. The van der Waals surface area contributed by atoms with Crippen LogP contribution in [0.1, 0.15) is 58.3 Å². The Bertz CT molecular complexity index is 217. The fourth-order valence-corrected chi connectivity index (χ4v) is 2.52. The third kappa shape index (κ3) is 4.30. The topological polar surface area (TPSA) is 63.3 Å². The normalized spacial score (nSPS) is 20.1. The molecule has 1 atom stereocenters. The molecule has 1 rings (SSSR count). The molecule has 3 nitrogen and oxygen atoms in total. The molecule has 0 bridgehead atoms. The highest BCUT2D eigenvalue weighted by Crippen LogP contribution is 2.33. The first-order valence-electron chi connectivity index (χ1n) is 6.11. The number of rotatable bonds is 6. The van der Waals surface area contributed by atoms with Gasteiger partial charge in [-0.3, -0.25) is 4.79 Å². The molecule has 0 amide bonds. The van der Waals surface area contributed by atoms with E-state index in [-0.39, 0.29) is 12.4 Å². The van der Waals surface area contributed by atoms with Crippen molar-refractivity contribution >= 4 is 18.4 Å². The Kier molecular flexibility index (Phi) is 7.00. The number of hydrogen-bond acceptors (Lipinski definition) is 2. The Morgan fingerprint density at radius 1 is 1.44 bits per heavy atom. The maximum Gasteiger partial charge on any atom is 0.323 e. The molecular weight excluding hydrogens is 226 g/mol. The number of unbranched alkanes of at least 4 members (excludes halogenated alkanes) is 1. The zero-order valence-electron chi connectivity index (χ0n) is 10.1. The minimum absolute atomic E-state index is 0. The van der Waals surface area contributed by atoms with E-state index in [2.05, 4.69) is 6.92 Å². The summed E-state index contributed by atoms with van der Waals surface area (Å²) in [7, 11) is 0. The Balaban J connectivity index is 0.00000225. The molecule has 1 aliphatic carbocycles. The van der Waals surface area contributed by atoms with Crippen molar-refractivity contribution in [2.75, 3.05) is 0 Å². The van der Waals surface area contributed by atoms with Crippen molar-refractivity contribution in [1.82, 2.24) is 0 Å². The highest BCUT2D eigenvalue weighted by atomic mass is 35.5. The van der Waals surface area contributed by atoms with Crippen LogP contribution in [0.3, 0.4) is 0 Å². The van der Waals surface area contributed by atoms with Crippen molar-refractivity contribution in [3.8, 4) is 0 Å². The molecule has 1 unspecified atom stereocenters. The van der Waals surface area contributed by atoms with Gasteiger partial charge in [-0.15, -0.1) is 12.4 Å². The molecule has 96 valence electrons. The predicted octanol–water partition coefficient (Wildman–Crippen LogP) is 2.96. The minimum Gasteiger partial charge on any atom is -0.480 e. The van der Waals surface area contributed by atoms with Crippen molar-refractivity contribution in [2.24, 2.45) is 11.7 Å². The van der Waals surface area contributed by atoms with Crippen LogP contribution in [0.25, 0.3) is 0 Å². The zero-order chi connectivity index (χ0) is 11.3. The van der Waals surface area contributed by atoms with E-state index in [1.165, 1.54) is 25.7 Å². The molecule has 3 N–H and O–H groups in total. The van der Waals surface area contributed by atoms with Crippen molar-refractivity contribution in [3.63, 3.8) is 0 Å². The van der Waals surface area contributed by atoms with Gasteiger partial charge >= 0.3 is 5.97 Å². The molecule has 0 aliphatic heterocycles. The Morgan fingerprint density at radius 3 is 2.44 bits per heavy atom. The van der Waals surface area contributed by atoms with Gasteiger partial charge in [0, 0.05) is 0 Å². The highest BCUT2D eigenvalue weighted by molar-refractivity contribution is 5.85. The van der Waals surface area contributed by atoms with Crippen LogP contribution in [0, 0.1) is 5.92 Å². The van der Waals surface area contributed by atoms with E-state index in [0.29, 0.717) is 18.8 Å². The molecule has 1 aliphatic rings. The van der Waals surface area contributed by atoms with E-state index in [4.69, 9.17) is 5.73 Å². The smallest absolute Gasteiger partial charge is 0.323 e. The van der Waals surface area contributed by atoms with E-state index in [1.807, 2.05) is 0 Å². The molecule has 0 saturated heterocycles. The molecule has 0 aromatic carbocycles. The number of carbonyl (C=O) groups is 1. The summed E-state index contributed by atoms with van der Waals surface area (Å²) in [6.07, 6.45) is 8.03. The van der Waals surface area contributed by atoms with Gasteiger partial charge in [-0.1, -0.05) is 45.4 Å². The van der Waals surface area contributed by atoms with Crippen molar-refractivity contribution in [1.29, 1.82) is 0 Å². The van der Waals surface area contributed by atoms with Crippen LogP contribution in [0.5, 0.6) is 0 Å². The van der Waals surface area contributed by atoms with Gasteiger partial charge in [-0.25, -0.2) is 0 Å². The monoisotopic (exact) mass is 249 g/mol. The van der Waals surface area contributed by atoms with Crippen LogP contribution >= 0.6 is 12.4 Å². The number of carboxylic acid groups (broad SMARTS) is 1. The molecule has 0 radical (unpaired) electrons. The van der Waals surface area contributed by atoms with Crippen LogP contribution in [0.2, 0.25) is 0 Å². The van der Waals surface area contributed by atoms with Gasteiger partial charge in [0.25, 0.3) is 0 Å². The quantitative estimate of drug-likeness (QED) is 0.761. The molecular formula is C12H24ClNO2. The maximum absolute atomic E-state index is 11.2. The van der Waals surface area contributed by atoms with E-state index in [1.54, 1.807) is 0 Å². The molecule has 0 spiro atoms. The van der Waals surface area contributed by atoms with Gasteiger partial charge in [0.05, 0.1) is 0 Å². The average Bonchev–Trinajstić information content (AvgIpc) is 2.67. The summed E-state index contributed by atoms with van der Waals surface area (Å²) >= 11 is 0. The van der Waals surface area contributed by atoms with Crippen LogP contribution in [0.15, 0.2) is 0 Å². The fraction of sp³-hybridized carbons (Fsp3) is 0.917. The van der Waals surface area contributed by atoms with Gasteiger partial charge < -0.3 is 10.8 Å². The molecule has 0 aromatic rings. The van der Waals surface area contributed by atoms with E-state index < -0.39 is 11.5 Å². The summed E-state index contributed by atoms with van der Waals surface area (Å²) in [6, 6.07) is 0. The number of carboxylic acids is 1. The van der Waals surface area contributed by atoms with Crippen molar-refractivity contribution in [2.45, 2.75) is 63.8 Å². The fourth-order valence-electron chi connectivity index (χ4n) is 2.52. The van der Waals surface area contributed by atoms with Gasteiger partial charge in [0.1, 0.15) is 5.54 Å². The first kappa shape index (κ1) is 15.7. The third-order valence-electron chi connectivity index (χ3n) is 3.53. The van der Waals surface area contributed by atoms with E-state index in [0.717, 1.165) is 12.8 Å². The van der Waals surface area contributed by atoms with Gasteiger partial charge in [0.15, 0.2) is 0 Å². The molecule has 0 aromatic heterocycles. The lowest BCUT2D eigenvalue weighted by molar-refractivity contribution is -0.144. The maximum atomic E-state index is 11.2. The van der Waals surface area contributed by atoms with Crippen LogP contribution < -0.4 is 5.73 Å². The summed E-state index contributed by atoms with van der Waals surface area (Å²) in [5.41, 5.74) is 5.04. The zero-order valence-corrected chi connectivity index (χ0v) is 10.9. The predicted molar refractivity (Wildman–Crippen MR) is 67.9 cm³/mol. The lowest BCUT2D eigenvalue weighted by atomic mass is 9.83. The number of aliphatic carboxylic acids is 1. The molecule has 4 heteroatoms. The van der Waals surface area contributed by atoms with E-state index in [9.17, 15) is 9.90 Å². The Hall–Kier alpha value is -0.280. The van der Waals surface area contributed by atoms with Crippen LogP contribution in [0.4, 0.5) is 0 Å². The Labute approximate surface area is 104 Å². The van der Waals surface area contributed by atoms with Crippen LogP contribution in [-0.2, 0) is 4.79 Å². The molecule has 1 fully saturated rings. The highest BCUT2D eigenvalue weighted by Gasteiger charge is 2.36. The van der Waals surface area contributed by atoms with Crippen molar-refractivity contribution in [3.05, 3.63) is 0 Å². The second kappa shape index (κ2) is 7.13. The summed E-state index contributed by atoms with van der Waals surface area (Å²) in [4.78, 5) is 11.2. The molecule has 16 heavy (non-hydrogen) atoms. The minimum atomic E-state index is -0.967. The lowest BCUT2D eigenvalue weighted by Crippen LogP contribution is -2.49. The van der Waals surface area contributed by atoms with Gasteiger partial charge in [-0.05, 0) is 18.8 Å². The Morgan fingerprint density at radius 2 is 2.00 bits per heavy atom. The molecule has 0 heterocycles. The average molecular weight is 250 g/mol. The largest absolute Gasteiger partial charge is 0.480 e. The summed E-state index contributed by atoms with van der Waals surface area (Å²) < 4.78 is 0. The second-order valence-electron chi connectivity index (χ2n) is 4.92. The summed E-state index contributed by atoms with van der Waals surface area (Å²) in [5, 5.41) is 9.19. The first-order chi connectivity index (χ1) is 7.08. The summed E-state index contributed by atoms with van der Waals surface area (Å²) in [6.45, 7) is 2.07. The van der Waals surface area contributed by atoms with Gasteiger partial charge in [-0.2, -0.15) is 0 Å². The van der Waals surface area contributed by atoms with Gasteiger partial charge in [0.2, 0.25) is 0 Å². The SMILES string of the molecule is CCCCC(N)(CC1CCCC1)C(=O)O.Cl. The van der Waals surface area contributed by atoms with Crippen molar-refractivity contribution < 1.29 is 9.90 Å². The lowest BCUT2D eigenvalue weighted by Gasteiger charge is -2.27. The number of nitrogens with two attached hydrogens (primary N) is 1. The third-order valence-corrected chi connectivity index (χ3v) is 3.53. The number of hydrogen-bond donors (Lipinski definition) is 2. The summed E-state index contributed by atoms with van der Waals surface area (Å²) in [5.74, 6) is -0.272. The molecule has 1 saturated carbocycles. The van der Waals surface area contributed by atoms with E-state index >= 15 is 0 Å². The van der Waals surface area contributed by atoms with Crippen LogP contribution in [-0.4, -0.2) is 16.6 Å². The second-order valence-corrected chi connectivity index (χ2v) is 4.92. The standard InChI is InChI=1S/C12H23NO2.ClH/c1-2-3-8-12(13,11(14)15)9-10-6-4-5-7-10;/h10H,2-9,13H2,1H3,(H,14,15);1H. The number of halogens is 1.